The molecule has 3 fully saturated rings. The van der Waals surface area contributed by atoms with Gasteiger partial charge < -0.3 is 35.0 Å². The van der Waals surface area contributed by atoms with E-state index < -0.39 is 11.8 Å². The minimum Gasteiger partial charge on any atom is -0.392 e. The van der Waals surface area contributed by atoms with Crippen LogP contribution in [0.3, 0.4) is 0 Å². The summed E-state index contributed by atoms with van der Waals surface area (Å²) < 4.78 is 13.0. The zero-order chi connectivity index (χ0) is 29.1. The Balaban J connectivity index is 1.18. The number of rotatable bonds is 7. The number of carbonyl (C=O) groups excluding carboxylic acids is 2. The molecule has 3 saturated heterocycles. The second-order valence-electron chi connectivity index (χ2n) is 11.4. The van der Waals surface area contributed by atoms with Crippen LogP contribution < -0.4 is 15.5 Å². The first-order valence-electron chi connectivity index (χ1n) is 14.6. The maximum Gasteiger partial charge on any atom is 0.247 e. The molecule has 3 aliphatic rings. The van der Waals surface area contributed by atoms with Crippen molar-refractivity contribution in [3.05, 3.63) is 95.6 Å². The van der Waals surface area contributed by atoms with Crippen LogP contribution in [0.25, 0.3) is 0 Å². The van der Waals surface area contributed by atoms with E-state index in [0.717, 1.165) is 54.9 Å². The van der Waals surface area contributed by atoms with Crippen molar-refractivity contribution in [2.24, 2.45) is 0 Å². The van der Waals surface area contributed by atoms with E-state index in [2.05, 4.69) is 32.6 Å². The lowest BCUT2D eigenvalue weighted by Gasteiger charge is -2.45. The molecule has 6 rings (SSSR count). The Morgan fingerprint density at radius 1 is 1.00 bits per heavy atom. The molecule has 0 radical (unpaired) electrons. The molecule has 0 aromatic heterocycles. The van der Waals surface area contributed by atoms with E-state index in [1.54, 1.807) is 0 Å². The average molecular weight is 571 g/mol. The summed E-state index contributed by atoms with van der Waals surface area (Å²) in [4.78, 5) is 29.4. The van der Waals surface area contributed by atoms with Gasteiger partial charge in [-0.2, -0.15) is 0 Å². The second kappa shape index (κ2) is 12.2. The zero-order valence-electron chi connectivity index (χ0n) is 23.9. The molecule has 9 nitrogen and oxygen atoms in total. The van der Waals surface area contributed by atoms with Gasteiger partial charge in [-0.15, -0.1) is 0 Å². The molecule has 3 N–H and O–H groups in total. The number of ether oxygens (including phenoxy) is 2. The highest BCUT2D eigenvalue weighted by Crippen LogP contribution is 2.40. The fourth-order valence-corrected chi connectivity index (χ4v) is 6.43. The maximum atomic E-state index is 13.1. The average Bonchev–Trinajstić information content (AvgIpc) is 3.33. The molecule has 0 unspecified atom stereocenters. The smallest absolute Gasteiger partial charge is 0.247 e. The molecule has 220 valence electrons. The van der Waals surface area contributed by atoms with E-state index in [0.29, 0.717) is 18.8 Å². The SMILES string of the molecule is CC(=O)Nc1cccc([C@@H]2O[C@H](CN3CCC4(CC3)C(=O)NCN4c3ccccc3)C[C@H](c3ccc(CO)cc3)O2)c1. The van der Waals surface area contributed by atoms with Crippen LogP contribution in [0.1, 0.15) is 55.3 Å². The molecular formula is C33H38N4O5. The number of aliphatic hydroxyl groups excluding tert-OH is 1. The molecule has 0 bridgehead atoms. The van der Waals surface area contributed by atoms with Gasteiger partial charge in [0.15, 0.2) is 6.29 Å². The van der Waals surface area contributed by atoms with Crippen LogP contribution in [0.5, 0.6) is 0 Å². The van der Waals surface area contributed by atoms with Crippen LogP contribution in [0.4, 0.5) is 11.4 Å². The van der Waals surface area contributed by atoms with E-state index in [1.165, 1.54) is 6.92 Å². The van der Waals surface area contributed by atoms with Crippen LogP contribution in [-0.2, 0) is 25.7 Å². The van der Waals surface area contributed by atoms with Crippen LogP contribution in [0.15, 0.2) is 78.9 Å². The summed E-state index contributed by atoms with van der Waals surface area (Å²) in [5.41, 5.74) is 3.94. The number of amides is 2. The molecule has 3 heterocycles. The monoisotopic (exact) mass is 570 g/mol. The minimum atomic E-state index is -0.606. The van der Waals surface area contributed by atoms with Gasteiger partial charge in [0.05, 0.1) is 25.5 Å². The molecule has 3 atom stereocenters. The molecule has 42 heavy (non-hydrogen) atoms. The van der Waals surface area contributed by atoms with Crippen LogP contribution >= 0.6 is 0 Å². The van der Waals surface area contributed by atoms with Gasteiger partial charge in [0.2, 0.25) is 11.8 Å². The number of nitrogens with one attached hydrogen (secondary N) is 2. The van der Waals surface area contributed by atoms with Crippen LogP contribution in [-0.4, -0.2) is 59.8 Å². The summed E-state index contributed by atoms with van der Waals surface area (Å²) in [7, 11) is 0. The normalized spacial score (nSPS) is 24.0. The van der Waals surface area contributed by atoms with Crippen molar-refractivity contribution >= 4 is 23.2 Å². The molecule has 0 saturated carbocycles. The Kier molecular flexibility index (Phi) is 8.26. The number of hydrogen-bond donors (Lipinski definition) is 3. The standard InChI is InChI=1S/C33H38N4O5/c1-23(39)35-27-7-5-6-26(18-27)31-41-29(19-30(42-31)25-12-10-24(21-38)11-13-25)20-36-16-14-33(15-17-36)32(40)34-22-37(33)28-8-3-2-4-9-28/h2-13,18,29-31,38H,14-17,19-22H2,1H3,(H,34,40)(H,35,39)/t29-,30+,31+/m0/s1. The summed E-state index contributed by atoms with van der Waals surface area (Å²) in [5.74, 6) is -0.0270. The van der Waals surface area contributed by atoms with Crippen molar-refractivity contribution < 1.29 is 24.2 Å². The van der Waals surface area contributed by atoms with Gasteiger partial charge in [-0.05, 0) is 48.2 Å². The van der Waals surface area contributed by atoms with Gasteiger partial charge in [0.25, 0.3) is 0 Å². The largest absolute Gasteiger partial charge is 0.392 e. The third-order valence-corrected chi connectivity index (χ3v) is 8.64. The molecule has 9 heteroatoms. The molecule has 1 spiro atoms. The van der Waals surface area contributed by atoms with Gasteiger partial charge in [0.1, 0.15) is 5.54 Å². The number of carbonyl (C=O) groups is 2. The number of likely N-dealkylation sites (tertiary alicyclic amines) is 1. The van der Waals surface area contributed by atoms with E-state index in [9.17, 15) is 14.7 Å². The Hall–Kier alpha value is -3.76. The lowest BCUT2D eigenvalue weighted by molar-refractivity contribution is -0.253. The van der Waals surface area contributed by atoms with E-state index in [4.69, 9.17) is 9.47 Å². The summed E-state index contributed by atoms with van der Waals surface area (Å²) in [5, 5.41) is 15.4. The highest BCUT2D eigenvalue weighted by Gasteiger charge is 2.50. The van der Waals surface area contributed by atoms with Gasteiger partial charge in [-0.1, -0.05) is 54.6 Å². The Labute approximate surface area is 246 Å². The number of aliphatic hydroxyl groups is 1. The van der Waals surface area contributed by atoms with Crippen molar-refractivity contribution in [2.45, 2.75) is 56.8 Å². The Morgan fingerprint density at radius 3 is 2.48 bits per heavy atom. The first-order valence-corrected chi connectivity index (χ1v) is 14.6. The molecule has 3 aromatic carbocycles. The van der Waals surface area contributed by atoms with Crippen molar-refractivity contribution in [1.29, 1.82) is 0 Å². The van der Waals surface area contributed by atoms with E-state index in [1.807, 2.05) is 66.7 Å². The summed E-state index contributed by atoms with van der Waals surface area (Å²) >= 11 is 0. The Morgan fingerprint density at radius 2 is 1.76 bits per heavy atom. The predicted octanol–water partition coefficient (Wildman–Crippen LogP) is 4.11. The fourth-order valence-electron chi connectivity index (χ4n) is 6.43. The molecule has 3 aliphatic heterocycles. The summed E-state index contributed by atoms with van der Waals surface area (Å²) in [6, 6.07) is 25.6. The third-order valence-electron chi connectivity index (χ3n) is 8.64. The first kappa shape index (κ1) is 28.4. The van der Waals surface area contributed by atoms with Crippen molar-refractivity contribution in [2.75, 3.05) is 36.5 Å². The molecule has 3 aromatic rings. The van der Waals surface area contributed by atoms with Crippen molar-refractivity contribution in [3.63, 3.8) is 0 Å². The van der Waals surface area contributed by atoms with Gasteiger partial charge in [0, 0.05) is 49.9 Å². The lowest BCUT2D eigenvalue weighted by atomic mass is 9.85. The van der Waals surface area contributed by atoms with E-state index in [-0.39, 0.29) is 30.6 Å². The number of nitrogens with zero attached hydrogens (tertiary/aromatic N) is 2. The maximum absolute atomic E-state index is 13.1. The minimum absolute atomic E-state index is 0.00766. The number of hydrogen-bond acceptors (Lipinski definition) is 7. The second-order valence-corrected chi connectivity index (χ2v) is 11.4. The quantitative estimate of drug-likeness (QED) is 0.393. The van der Waals surface area contributed by atoms with Gasteiger partial charge in [-0.3, -0.25) is 9.59 Å². The van der Waals surface area contributed by atoms with Crippen molar-refractivity contribution in [1.82, 2.24) is 10.2 Å². The lowest BCUT2D eigenvalue weighted by Crippen LogP contribution is -2.57. The number of anilines is 2. The molecule has 2 amide bonds. The zero-order valence-corrected chi connectivity index (χ0v) is 23.9. The highest BCUT2D eigenvalue weighted by molar-refractivity contribution is 5.93. The number of piperidine rings is 1. The fraction of sp³-hybridized carbons (Fsp3) is 0.394. The molecular weight excluding hydrogens is 532 g/mol. The van der Waals surface area contributed by atoms with Crippen LogP contribution in [0, 0.1) is 0 Å². The number of para-hydroxylation sites is 1. The van der Waals surface area contributed by atoms with Crippen LogP contribution in [0.2, 0.25) is 0 Å². The summed E-state index contributed by atoms with van der Waals surface area (Å²) in [6.45, 7) is 4.30. The predicted molar refractivity (Wildman–Crippen MR) is 160 cm³/mol. The van der Waals surface area contributed by atoms with Gasteiger partial charge in [-0.25, -0.2) is 0 Å². The highest BCUT2D eigenvalue weighted by atomic mass is 16.7. The number of benzene rings is 3. The summed E-state index contributed by atoms with van der Waals surface area (Å²) in [6.07, 6.45) is 1.25. The first-order chi connectivity index (χ1) is 20.4. The Bertz CT molecular complexity index is 1390. The topological polar surface area (TPSA) is 103 Å². The van der Waals surface area contributed by atoms with E-state index >= 15 is 0 Å². The van der Waals surface area contributed by atoms with Crippen molar-refractivity contribution in [3.8, 4) is 0 Å². The third kappa shape index (κ3) is 5.91. The molecule has 0 aliphatic carbocycles. The van der Waals surface area contributed by atoms with Gasteiger partial charge >= 0.3 is 0 Å².